The van der Waals surface area contributed by atoms with Crippen molar-refractivity contribution in [3.8, 4) is 5.75 Å². The Morgan fingerprint density at radius 2 is 1.92 bits per heavy atom. The largest absolute Gasteiger partial charge is 0.488 e. The third-order valence-corrected chi connectivity index (χ3v) is 4.06. The molecule has 134 valence electrons. The van der Waals surface area contributed by atoms with E-state index in [4.69, 9.17) is 32.7 Å². The molecule has 0 fully saturated rings. The number of hydrogen-bond acceptors (Lipinski definition) is 5. The summed E-state index contributed by atoms with van der Waals surface area (Å²) in [5.41, 5.74) is 0.284. The molecule has 2 aromatic carbocycles. The Morgan fingerprint density at radius 3 is 2.73 bits per heavy atom. The zero-order valence-corrected chi connectivity index (χ0v) is 15.0. The fourth-order valence-electron chi connectivity index (χ4n) is 2.30. The average Bonchev–Trinajstić information content (AvgIpc) is 2.63. The summed E-state index contributed by atoms with van der Waals surface area (Å²) in [7, 11) is 0. The van der Waals surface area contributed by atoms with Crippen LogP contribution in [0.1, 0.15) is 0 Å². The Kier molecular flexibility index (Phi) is 5.75. The fourth-order valence-corrected chi connectivity index (χ4v) is 2.77. The molecule has 0 bridgehead atoms. The normalized spacial score (nSPS) is 10.7. The van der Waals surface area contributed by atoms with Gasteiger partial charge in [0.15, 0.2) is 0 Å². The molecule has 0 aliphatic heterocycles. The van der Waals surface area contributed by atoms with Crippen LogP contribution in [0.5, 0.6) is 5.75 Å². The lowest BCUT2D eigenvalue weighted by Crippen LogP contribution is -2.26. The smallest absolute Gasteiger partial charge is 0.326 e. The van der Waals surface area contributed by atoms with Gasteiger partial charge in [-0.25, -0.2) is 4.98 Å². The van der Waals surface area contributed by atoms with Crippen molar-refractivity contribution in [3.63, 3.8) is 0 Å². The van der Waals surface area contributed by atoms with Crippen molar-refractivity contribution in [2.24, 2.45) is 0 Å². The first-order valence-corrected chi connectivity index (χ1v) is 8.48. The van der Waals surface area contributed by atoms with Crippen molar-refractivity contribution in [2.75, 3.05) is 13.2 Å². The number of para-hydroxylation sites is 1. The number of esters is 1. The monoisotopic (exact) mass is 392 g/mol. The van der Waals surface area contributed by atoms with Crippen molar-refractivity contribution in [1.29, 1.82) is 0 Å². The summed E-state index contributed by atoms with van der Waals surface area (Å²) in [4.78, 5) is 28.4. The van der Waals surface area contributed by atoms with E-state index in [1.54, 1.807) is 42.5 Å². The van der Waals surface area contributed by atoms with Crippen LogP contribution in [0.25, 0.3) is 10.9 Å². The Morgan fingerprint density at radius 1 is 1.12 bits per heavy atom. The van der Waals surface area contributed by atoms with E-state index in [0.29, 0.717) is 26.7 Å². The highest BCUT2D eigenvalue weighted by Crippen LogP contribution is 2.27. The van der Waals surface area contributed by atoms with E-state index in [-0.39, 0.29) is 25.3 Å². The van der Waals surface area contributed by atoms with Crippen molar-refractivity contribution >= 4 is 40.1 Å². The van der Waals surface area contributed by atoms with E-state index in [0.717, 1.165) is 0 Å². The van der Waals surface area contributed by atoms with Gasteiger partial charge in [-0.15, -0.1) is 0 Å². The number of nitrogens with zero attached hydrogens (tertiary/aromatic N) is 2. The number of carbonyl (C=O) groups excluding carboxylic acids is 1. The highest BCUT2D eigenvalue weighted by Gasteiger charge is 2.09. The third-order valence-electron chi connectivity index (χ3n) is 3.53. The molecule has 1 heterocycles. The van der Waals surface area contributed by atoms with Crippen LogP contribution in [0.15, 0.2) is 53.6 Å². The first-order chi connectivity index (χ1) is 12.5. The van der Waals surface area contributed by atoms with Crippen LogP contribution in [0, 0.1) is 0 Å². The van der Waals surface area contributed by atoms with Crippen LogP contribution in [-0.4, -0.2) is 28.7 Å². The Labute approximate surface area is 158 Å². The summed E-state index contributed by atoms with van der Waals surface area (Å²) < 4.78 is 11.7. The molecule has 6 nitrogen and oxygen atoms in total. The molecular formula is C18H14Cl2N2O4. The number of aromatic nitrogens is 2. The summed E-state index contributed by atoms with van der Waals surface area (Å²) in [6.45, 7) is -0.0795. The molecule has 0 aliphatic carbocycles. The molecule has 8 heteroatoms. The van der Waals surface area contributed by atoms with Gasteiger partial charge in [0.2, 0.25) is 0 Å². The number of ether oxygens (including phenoxy) is 2. The van der Waals surface area contributed by atoms with Crippen molar-refractivity contribution < 1.29 is 14.3 Å². The molecule has 0 amide bonds. The zero-order chi connectivity index (χ0) is 18.5. The average molecular weight is 393 g/mol. The van der Waals surface area contributed by atoms with E-state index in [2.05, 4.69) is 4.98 Å². The summed E-state index contributed by atoms with van der Waals surface area (Å²) in [6.07, 6.45) is 1.33. The number of hydrogen-bond donors (Lipinski definition) is 0. The molecule has 0 unspecified atom stereocenters. The minimum absolute atomic E-state index is 0.0214. The number of rotatable bonds is 6. The van der Waals surface area contributed by atoms with Gasteiger partial charge in [0, 0.05) is 5.02 Å². The van der Waals surface area contributed by atoms with E-state index < -0.39 is 5.97 Å². The Balaban J connectivity index is 1.53. The first-order valence-electron chi connectivity index (χ1n) is 7.72. The van der Waals surface area contributed by atoms with E-state index in [1.165, 1.54) is 10.9 Å². The molecule has 3 aromatic rings. The van der Waals surface area contributed by atoms with Gasteiger partial charge >= 0.3 is 5.97 Å². The van der Waals surface area contributed by atoms with Gasteiger partial charge in [0.05, 0.1) is 22.3 Å². The number of carbonyl (C=O) groups is 1. The maximum atomic E-state index is 12.3. The number of benzene rings is 2. The molecule has 0 saturated carbocycles. The van der Waals surface area contributed by atoms with Crippen LogP contribution in [0.3, 0.4) is 0 Å². The molecule has 1 aromatic heterocycles. The highest BCUT2D eigenvalue weighted by atomic mass is 35.5. The van der Waals surface area contributed by atoms with Gasteiger partial charge < -0.3 is 9.47 Å². The van der Waals surface area contributed by atoms with E-state index in [1.807, 2.05) is 0 Å². The van der Waals surface area contributed by atoms with Crippen molar-refractivity contribution in [2.45, 2.75) is 6.54 Å². The van der Waals surface area contributed by atoms with Crippen LogP contribution < -0.4 is 10.3 Å². The maximum absolute atomic E-state index is 12.3. The van der Waals surface area contributed by atoms with Gasteiger partial charge in [-0.05, 0) is 30.3 Å². The molecule has 0 saturated heterocycles. The minimum Gasteiger partial charge on any atom is -0.488 e. The molecule has 0 spiro atoms. The number of halogens is 2. The second kappa shape index (κ2) is 8.21. The maximum Gasteiger partial charge on any atom is 0.326 e. The number of fused-ring (bicyclic) bond motifs is 1. The Hall–Kier alpha value is -2.57. The van der Waals surface area contributed by atoms with Gasteiger partial charge in [-0.2, -0.15) is 0 Å². The SMILES string of the molecule is O=C(Cn1cnc2ccccc2c1=O)OCCOc1ccc(Cl)cc1Cl. The van der Waals surface area contributed by atoms with E-state index >= 15 is 0 Å². The van der Waals surface area contributed by atoms with Gasteiger partial charge in [-0.1, -0.05) is 35.3 Å². The quantitative estimate of drug-likeness (QED) is 0.475. The van der Waals surface area contributed by atoms with Crippen LogP contribution in [0.2, 0.25) is 10.0 Å². The standard InChI is InChI=1S/C18H14Cl2N2O4/c19-12-5-6-16(14(20)9-12)25-7-8-26-17(23)10-22-11-21-15-4-2-1-3-13(15)18(22)24/h1-6,9,11H,7-8,10H2. The van der Waals surface area contributed by atoms with Gasteiger partial charge in [-0.3, -0.25) is 14.2 Å². The highest BCUT2D eigenvalue weighted by molar-refractivity contribution is 6.35. The van der Waals surface area contributed by atoms with Gasteiger partial charge in [0.25, 0.3) is 5.56 Å². The van der Waals surface area contributed by atoms with Crippen LogP contribution in [-0.2, 0) is 16.1 Å². The molecule has 0 N–H and O–H groups in total. The lowest BCUT2D eigenvalue weighted by molar-refractivity contribution is -0.145. The van der Waals surface area contributed by atoms with Crippen molar-refractivity contribution in [1.82, 2.24) is 9.55 Å². The van der Waals surface area contributed by atoms with Crippen LogP contribution in [0.4, 0.5) is 0 Å². The lowest BCUT2D eigenvalue weighted by Gasteiger charge is -2.10. The summed E-state index contributed by atoms with van der Waals surface area (Å²) >= 11 is 11.8. The topological polar surface area (TPSA) is 70.4 Å². The van der Waals surface area contributed by atoms with E-state index in [9.17, 15) is 9.59 Å². The molecular weight excluding hydrogens is 379 g/mol. The summed E-state index contributed by atoms with van der Waals surface area (Å²) in [5, 5.41) is 1.32. The zero-order valence-electron chi connectivity index (χ0n) is 13.5. The second-order valence-electron chi connectivity index (χ2n) is 5.34. The molecule has 0 atom stereocenters. The van der Waals surface area contributed by atoms with Gasteiger partial charge in [0.1, 0.15) is 25.5 Å². The predicted octanol–water partition coefficient (Wildman–Crippen LogP) is 3.33. The Bertz CT molecular complexity index is 1000. The molecule has 0 aliphatic rings. The minimum atomic E-state index is -0.560. The molecule has 0 radical (unpaired) electrons. The predicted molar refractivity (Wildman–Crippen MR) is 98.9 cm³/mol. The third kappa shape index (κ3) is 4.33. The van der Waals surface area contributed by atoms with Crippen LogP contribution >= 0.6 is 23.2 Å². The second-order valence-corrected chi connectivity index (χ2v) is 6.18. The molecule has 3 rings (SSSR count). The lowest BCUT2D eigenvalue weighted by atomic mass is 10.2. The summed E-state index contributed by atoms with van der Waals surface area (Å²) in [5.74, 6) is -0.114. The fraction of sp³-hybridized carbons (Fsp3) is 0.167. The molecule has 26 heavy (non-hydrogen) atoms. The first kappa shape index (κ1) is 18.2. The summed E-state index contributed by atoms with van der Waals surface area (Å²) in [6, 6.07) is 11.8. The van der Waals surface area contributed by atoms with Crippen molar-refractivity contribution in [3.05, 3.63) is 69.2 Å².